The molecule has 1 heterocycles. The molecule has 2 aliphatic rings. The Morgan fingerprint density at radius 2 is 1.92 bits per heavy atom. The molecule has 1 aliphatic carbocycles. The van der Waals surface area contributed by atoms with Gasteiger partial charge in [-0.1, -0.05) is 29.8 Å². The molecule has 1 fully saturated rings. The van der Waals surface area contributed by atoms with E-state index in [2.05, 4.69) is 57.2 Å². The Hall–Kier alpha value is -2.42. The van der Waals surface area contributed by atoms with Crippen LogP contribution in [0.3, 0.4) is 0 Å². The lowest BCUT2D eigenvalue weighted by Crippen LogP contribution is -2.36. The van der Waals surface area contributed by atoms with Crippen molar-refractivity contribution in [3.8, 4) is 0 Å². The molecule has 0 unspecified atom stereocenters. The van der Waals surface area contributed by atoms with E-state index in [1.165, 1.54) is 22.3 Å². The van der Waals surface area contributed by atoms with Gasteiger partial charge in [-0.15, -0.1) is 0 Å². The summed E-state index contributed by atoms with van der Waals surface area (Å²) in [6.45, 7) is 6.91. The van der Waals surface area contributed by atoms with Crippen LogP contribution in [0, 0.1) is 26.7 Å². The minimum Gasteiger partial charge on any atom is -0.305 e. The summed E-state index contributed by atoms with van der Waals surface area (Å²) in [4.78, 5) is 20.2. The van der Waals surface area contributed by atoms with Crippen molar-refractivity contribution >= 4 is 23.0 Å². The van der Waals surface area contributed by atoms with Gasteiger partial charge in [-0.2, -0.15) is 0 Å². The van der Waals surface area contributed by atoms with Crippen LogP contribution in [0.2, 0.25) is 0 Å². The number of aliphatic imine (C=N–C) groups is 1. The summed E-state index contributed by atoms with van der Waals surface area (Å²) in [6.07, 6.45) is 2.93. The molecule has 25 heavy (non-hydrogen) atoms. The number of rotatable bonds is 2. The highest BCUT2D eigenvalue weighted by molar-refractivity contribution is 6.15. The average molecular weight is 332 g/mol. The molecule has 4 rings (SSSR count). The zero-order chi connectivity index (χ0) is 17.6. The largest absolute Gasteiger partial charge is 0.305 e. The van der Waals surface area contributed by atoms with Gasteiger partial charge in [0.2, 0.25) is 5.91 Å². The number of hydrogen-bond donors (Lipinski definition) is 0. The van der Waals surface area contributed by atoms with Crippen LogP contribution in [0.25, 0.3) is 0 Å². The lowest BCUT2D eigenvalue weighted by molar-refractivity contribution is -0.120. The van der Waals surface area contributed by atoms with Crippen LogP contribution in [0.1, 0.15) is 41.5 Å². The zero-order valence-electron chi connectivity index (χ0n) is 15.2. The van der Waals surface area contributed by atoms with Gasteiger partial charge in [-0.25, -0.2) is 0 Å². The molecule has 2 aromatic rings. The molecule has 0 N–H and O–H groups in total. The van der Waals surface area contributed by atoms with E-state index in [4.69, 9.17) is 4.99 Å². The average Bonchev–Trinajstić information content (AvgIpc) is 3.00. The highest BCUT2D eigenvalue weighted by Crippen LogP contribution is 2.40. The normalized spacial score (nSPS) is 19.3. The lowest BCUT2D eigenvalue weighted by Gasteiger charge is -2.26. The molecule has 1 atom stereocenters. The summed E-state index contributed by atoms with van der Waals surface area (Å²) in [6, 6.07) is 12.7. The van der Waals surface area contributed by atoms with Crippen molar-refractivity contribution in [2.24, 2.45) is 10.9 Å². The number of hydrogen-bond acceptors (Lipinski definition) is 2. The number of nitrogens with zero attached hydrogens (tertiary/aromatic N) is 2. The number of anilines is 1. The fourth-order valence-electron chi connectivity index (χ4n) is 3.94. The first-order chi connectivity index (χ1) is 12.0. The highest BCUT2D eigenvalue weighted by Gasteiger charge is 2.36. The first-order valence-electron chi connectivity index (χ1n) is 9.08. The molecule has 3 heteroatoms. The van der Waals surface area contributed by atoms with Crippen LogP contribution in [-0.2, 0) is 11.3 Å². The van der Waals surface area contributed by atoms with E-state index < -0.39 is 0 Å². The summed E-state index contributed by atoms with van der Waals surface area (Å²) >= 11 is 0. The van der Waals surface area contributed by atoms with Crippen LogP contribution >= 0.6 is 0 Å². The van der Waals surface area contributed by atoms with Gasteiger partial charge in [0.1, 0.15) is 0 Å². The predicted octanol–water partition coefficient (Wildman–Crippen LogP) is 5.03. The third-order valence-corrected chi connectivity index (χ3v) is 5.46. The molecular weight excluding hydrogens is 308 g/mol. The van der Waals surface area contributed by atoms with Gasteiger partial charge in [0.25, 0.3) is 0 Å². The number of aryl methyl sites for hydroxylation is 3. The molecule has 0 saturated heterocycles. The number of benzene rings is 2. The van der Waals surface area contributed by atoms with Crippen molar-refractivity contribution in [1.29, 1.82) is 0 Å². The third-order valence-electron chi connectivity index (χ3n) is 5.46. The molecule has 0 spiro atoms. The van der Waals surface area contributed by atoms with Gasteiger partial charge >= 0.3 is 0 Å². The number of carbonyl (C=O) groups excluding carboxylic acids is 1. The zero-order valence-corrected chi connectivity index (χ0v) is 15.2. The van der Waals surface area contributed by atoms with Crippen molar-refractivity contribution in [3.05, 3.63) is 58.7 Å². The Bertz CT molecular complexity index is 882. The van der Waals surface area contributed by atoms with E-state index in [1.54, 1.807) is 0 Å². The van der Waals surface area contributed by atoms with Gasteiger partial charge in [-0.3, -0.25) is 9.79 Å². The van der Waals surface area contributed by atoms with Gasteiger partial charge in [-0.05, 0) is 68.9 Å². The fourth-order valence-corrected chi connectivity index (χ4v) is 3.94. The Morgan fingerprint density at radius 3 is 2.72 bits per heavy atom. The summed E-state index contributed by atoms with van der Waals surface area (Å²) in [5.74, 6) is 0.164. The number of carbonyl (C=O) groups is 1. The third kappa shape index (κ3) is 2.88. The second kappa shape index (κ2) is 6.14. The van der Waals surface area contributed by atoms with Crippen LogP contribution in [0.5, 0.6) is 0 Å². The maximum absolute atomic E-state index is 13.3. The molecule has 0 radical (unpaired) electrons. The number of fused-ring (bicyclic) bond motifs is 2. The second-order valence-electron chi connectivity index (χ2n) is 7.39. The smallest absolute Gasteiger partial charge is 0.236 e. The van der Waals surface area contributed by atoms with Crippen LogP contribution in [0.4, 0.5) is 11.4 Å². The standard InChI is InChI=1S/C22H24N2O/c1-14-6-4-7-17(10-14)13-24-21-12-16(3)15(2)11-20(21)23-19-9-5-8-18(19)22(24)25/h4,6-7,10-12,18H,5,8-9,13H2,1-3H3/t18-/m1/s1. The van der Waals surface area contributed by atoms with Crippen molar-refractivity contribution in [1.82, 2.24) is 0 Å². The van der Waals surface area contributed by atoms with Crippen molar-refractivity contribution < 1.29 is 4.79 Å². The fraction of sp³-hybridized carbons (Fsp3) is 0.364. The molecular formula is C22H24N2O. The monoisotopic (exact) mass is 332 g/mol. The van der Waals surface area contributed by atoms with Crippen LogP contribution < -0.4 is 4.90 Å². The lowest BCUT2D eigenvalue weighted by atomic mass is 10.0. The molecule has 0 bridgehead atoms. The van der Waals surface area contributed by atoms with Gasteiger partial charge < -0.3 is 4.90 Å². The first kappa shape index (κ1) is 16.1. The molecule has 0 aromatic heterocycles. The highest BCUT2D eigenvalue weighted by atomic mass is 16.2. The van der Waals surface area contributed by atoms with Gasteiger partial charge in [0.05, 0.1) is 23.8 Å². The maximum Gasteiger partial charge on any atom is 0.236 e. The summed E-state index contributed by atoms with van der Waals surface area (Å²) in [5, 5.41) is 0. The summed E-state index contributed by atoms with van der Waals surface area (Å²) < 4.78 is 0. The topological polar surface area (TPSA) is 32.7 Å². The second-order valence-corrected chi connectivity index (χ2v) is 7.39. The molecule has 1 amide bonds. The minimum absolute atomic E-state index is 0.0437. The van der Waals surface area contributed by atoms with E-state index in [1.807, 2.05) is 4.90 Å². The van der Waals surface area contributed by atoms with E-state index in [9.17, 15) is 4.79 Å². The number of amides is 1. The predicted molar refractivity (Wildman–Crippen MR) is 103 cm³/mol. The van der Waals surface area contributed by atoms with Gasteiger partial charge in [0.15, 0.2) is 0 Å². The van der Waals surface area contributed by atoms with E-state index in [-0.39, 0.29) is 11.8 Å². The Balaban J connectivity index is 1.83. The quantitative estimate of drug-likeness (QED) is 0.759. The van der Waals surface area contributed by atoms with Gasteiger partial charge in [0, 0.05) is 5.71 Å². The molecule has 3 nitrogen and oxygen atoms in total. The Morgan fingerprint density at radius 1 is 1.12 bits per heavy atom. The molecule has 1 saturated carbocycles. The van der Waals surface area contributed by atoms with E-state index >= 15 is 0 Å². The van der Waals surface area contributed by atoms with Crippen molar-refractivity contribution in [3.63, 3.8) is 0 Å². The summed E-state index contributed by atoms with van der Waals surface area (Å²) in [5.41, 5.74) is 7.79. The first-order valence-corrected chi connectivity index (χ1v) is 9.08. The minimum atomic E-state index is -0.0437. The van der Waals surface area contributed by atoms with Crippen molar-refractivity contribution in [2.45, 2.75) is 46.6 Å². The van der Waals surface area contributed by atoms with E-state index in [0.717, 1.165) is 36.3 Å². The van der Waals surface area contributed by atoms with E-state index in [0.29, 0.717) is 6.54 Å². The molecule has 1 aliphatic heterocycles. The Kier molecular flexibility index (Phi) is 3.95. The Labute approximate surface area is 149 Å². The maximum atomic E-state index is 13.3. The SMILES string of the molecule is Cc1cccc(CN2C(=O)[C@@H]3CCCC3=Nc3cc(C)c(C)cc32)c1. The van der Waals surface area contributed by atoms with Crippen LogP contribution in [0.15, 0.2) is 41.4 Å². The van der Waals surface area contributed by atoms with Crippen LogP contribution in [-0.4, -0.2) is 11.6 Å². The van der Waals surface area contributed by atoms with Crippen molar-refractivity contribution in [2.75, 3.05) is 4.90 Å². The molecule has 2 aromatic carbocycles. The molecule has 128 valence electrons. The summed E-state index contributed by atoms with van der Waals surface area (Å²) in [7, 11) is 0.